The van der Waals surface area contributed by atoms with E-state index in [-0.39, 0.29) is 17.8 Å². The van der Waals surface area contributed by atoms with Crippen molar-refractivity contribution in [3.8, 4) is 0 Å². The van der Waals surface area contributed by atoms with E-state index in [1.807, 2.05) is 24.6 Å². The molecule has 0 saturated heterocycles. The zero-order valence-corrected chi connectivity index (χ0v) is 12.0. The maximum Gasteiger partial charge on any atom is 0.222 e. The Labute approximate surface area is 121 Å². The van der Waals surface area contributed by atoms with Crippen LogP contribution in [0.25, 0.3) is 0 Å². The molecule has 5 heteroatoms. The third-order valence-corrected chi connectivity index (χ3v) is 3.88. The predicted octanol–water partition coefficient (Wildman–Crippen LogP) is 2.70. The fourth-order valence-electron chi connectivity index (χ4n) is 1.90. The van der Waals surface area contributed by atoms with Gasteiger partial charge in [0.15, 0.2) is 0 Å². The monoisotopic (exact) mass is 292 g/mol. The summed E-state index contributed by atoms with van der Waals surface area (Å²) in [6.45, 7) is 0.631. The van der Waals surface area contributed by atoms with Crippen LogP contribution in [-0.2, 0) is 4.79 Å². The van der Waals surface area contributed by atoms with Crippen molar-refractivity contribution in [1.29, 1.82) is 0 Å². The van der Waals surface area contributed by atoms with Gasteiger partial charge in [-0.3, -0.25) is 4.79 Å². The molecular weight excluding hydrogens is 275 g/mol. The molecule has 1 aromatic carbocycles. The van der Waals surface area contributed by atoms with E-state index in [2.05, 4.69) is 10.6 Å². The maximum absolute atomic E-state index is 13.0. The number of halogens is 1. The van der Waals surface area contributed by atoms with Crippen molar-refractivity contribution in [3.63, 3.8) is 0 Å². The first-order chi connectivity index (χ1) is 9.70. The molecule has 1 heterocycles. The number of hydrogen-bond acceptors (Lipinski definition) is 3. The summed E-state index contributed by atoms with van der Waals surface area (Å²) in [5.74, 6) is -0.303. The summed E-state index contributed by atoms with van der Waals surface area (Å²) in [6.07, 6.45) is 0.416. The summed E-state index contributed by atoms with van der Waals surface area (Å²) in [6, 6.07) is 9.93. The van der Waals surface area contributed by atoms with Crippen LogP contribution in [0.3, 0.4) is 0 Å². The van der Waals surface area contributed by atoms with E-state index in [1.165, 1.54) is 12.1 Å². The van der Waals surface area contributed by atoms with Gasteiger partial charge in [0.05, 0.1) is 6.04 Å². The molecule has 3 nitrogen and oxygen atoms in total. The van der Waals surface area contributed by atoms with E-state index in [1.54, 1.807) is 23.5 Å². The van der Waals surface area contributed by atoms with E-state index in [0.29, 0.717) is 13.0 Å². The third kappa shape index (κ3) is 3.88. The molecule has 1 aromatic heterocycles. The number of hydrogen-bond donors (Lipinski definition) is 2. The van der Waals surface area contributed by atoms with Gasteiger partial charge in [-0.05, 0) is 36.2 Å². The molecule has 1 amide bonds. The van der Waals surface area contributed by atoms with Crippen molar-refractivity contribution in [2.24, 2.45) is 0 Å². The minimum absolute atomic E-state index is 0.0259. The zero-order chi connectivity index (χ0) is 14.4. The number of nitrogens with one attached hydrogen (secondary N) is 2. The average molecular weight is 292 g/mol. The Morgan fingerprint density at radius 3 is 2.65 bits per heavy atom. The molecular formula is C15H17FN2OS. The second-order valence-electron chi connectivity index (χ2n) is 4.42. The summed E-state index contributed by atoms with van der Waals surface area (Å²) >= 11 is 1.57. The molecule has 1 atom stereocenters. The van der Waals surface area contributed by atoms with Crippen molar-refractivity contribution >= 4 is 17.2 Å². The van der Waals surface area contributed by atoms with Gasteiger partial charge in [0.1, 0.15) is 5.82 Å². The van der Waals surface area contributed by atoms with Crippen molar-refractivity contribution in [1.82, 2.24) is 10.6 Å². The molecule has 0 radical (unpaired) electrons. The first kappa shape index (κ1) is 14.7. The highest BCUT2D eigenvalue weighted by Crippen LogP contribution is 2.26. The van der Waals surface area contributed by atoms with Crippen molar-refractivity contribution in [3.05, 3.63) is 58.0 Å². The lowest BCUT2D eigenvalue weighted by atomic mass is 10.1. The highest BCUT2D eigenvalue weighted by molar-refractivity contribution is 7.10. The molecule has 1 unspecified atom stereocenters. The Kier molecular flexibility index (Phi) is 5.26. The van der Waals surface area contributed by atoms with E-state index in [9.17, 15) is 9.18 Å². The molecule has 106 valence electrons. The number of thiophene rings is 1. The largest absolute Gasteiger partial charge is 0.344 e. The van der Waals surface area contributed by atoms with Crippen LogP contribution in [0, 0.1) is 5.82 Å². The van der Waals surface area contributed by atoms with Crippen LogP contribution in [0.5, 0.6) is 0 Å². The number of amides is 1. The zero-order valence-electron chi connectivity index (χ0n) is 11.2. The Morgan fingerprint density at radius 1 is 1.30 bits per heavy atom. The topological polar surface area (TPSA) is 41.1 Å². The lowest BCUT2D eigenvalue weighted by Gasteiger charge is -2.18. The summed E-state index contributed by atoms with van der Waals surface area (Å²) in [5, 5.41) is 7.91. The van der Waals surface area contributed by atoms with Crippen LogP contribution in [0.1, 0.15) is 22.9 Å². The Bertz CT molecular complexity index is 540. The van der Waals surface area contributed by atoms with Gasteiger partial charge in [0.2, 0.25) is 5.91 Å². The van der Waals surface area contributed by atoms with E-state index < -0.39 is 0 Å². The molecule has 0 aliphatic carbocycles. The molecule has 2 aromatic rings. The van der Waals surface area contributed by atoms with Gasteiger partial charge >= 0.3 is 0 Å². The minimum atomic E-state index is -0.278. The second kappa shape index (κ2) is 7.17. The Balaban J connectivity index is 2.17. The molecule has 20 heavy (non-hydrogen) atoms. The maximum atomic E-state index is 13.0. The summed E-state index contributed by atoms with van der Waals surface area (Å²) in [5.41, 5.74) is 0.881. The first-order valence-electron chi connectivity index (χ1n) is 6.43. The third-order valence-electron chi connectivity index (χ3n) is 2.94. The van der Waals surface area contributed by atoms with Gasteiger partial charge in [0, 0.05) is 17.8 Å². The molecule has 0 aliphatic rings. The molecule has 2 N–H and O–H groups in total. The van der Waals surface area contributed by atoms with Gasteiger partial charge in [-0.25, -0.2) is 4.39 Å². The lowest BCUT2D eigenvalue weighted by molar-refractivity contribution is -0.121. The highest BCUT2D eigenvalue weighted by atomic mass is 32.1. The van der Waals surface area contributed by atoms with Crippen LogP contribution in [0.15, 0.2) is 41.8 Å². The van der Waals surface area contributed by atoms with Crippen LogP contribution in [-0.4, -0.2) is 19.5 Å². The molecule has 0 bridgehead atoms. The summed E-state index contributed by atoms with van der Waals surface area (Å²) in [7, 11) is 1.81. The fraction of sp³-hybridized carbons (Fsp3) is 0.267. The van der Waals surface area contributed by atoms with E-state index >= 15 is 0 Å². The van der Waals surface area contributed by atoms with E-state index in [4.69, 9.17) is 0 Å². The van der Waals surface area contributed by atoms with Gasteiger partial charge in [-0.2, -0.15) is 0 Å². The van der Waals surface area contributed by atoms with Crippen LogP contribution in [0.2, 0.25) is 0 Å². The van der Waals surface area contributed by atoms with Crippen LogP contribution >= 0.6 is 11.3 Å². The van der Waals surface area contributed by atoms with Crippen molar-refractivity contribution in [2.45, 2.75) is 12.5 Å². The molecule has 2 rings (SSSR count). The minimum Gasteiger partial charge on any atom is -0.344 e. The Morgan fingerprint density at radius 2 is 2.05 bits per heavy atom. The van der Waals surface area contributed by atoms with Crippen LogP contribution < -0.4 is 10.6 Å². The normalized spacial score (nSPS) is 12.1. The van der Waals surface area contributed by atoms with Crippen molar-refractivity contribution in [2.75, 3.05) is 13.6 Å². The number of carbonyl (C=O) groups is 1. The Hall–Kier alpha value is -1.72. The van der Waals surface area contributed by atoms with Crippen LogP contribution in [0.4, 0.5) is 4.39 Å². The average Bonchev–Trinajstić information content (AvgIpc) is 2.97. The standard InChI is InChI=1S/C15H17FN2OS/c1-17-9-8-14(19)18-15(13-3-2-10-20-13)11-4-6-12(16)7-5-11/h2-7,10,15,17H,8-9H2,1H3,(H,18,19). The summed E-state index contributed by atoms with van der Waals surface area (Å²) < 4.78 is 13.0. The quantitative estimate of drug-likeness (QED) is 0.859. The van der Waals surface area contributed by atoms with E-state index in [0.717, 1.165) is 10.4 Å². The summed E-state index contributed by atoms with van der Waals surface area (Å²) in [4.78, 5) is 13.0. The molecule has 0 fully saturated rings. The number of rotatable bonds is 6. The van der Waals surface area contributed by atoms with Gasteiger partial charge < -0.3 is 10.6 Å². The number of benzene rings is 1. The molecule has 0 aliphatic heterocycles. The van der Waals surface area contributed by atoms with Gasteiger partial charge in [-0.1, -0.05) is 18.2 Å². The van der Waals surface area contributed by atoms with Gasteiger partial charge in [-0.15, -0.1) is 11.3 Å². The molecule has 0 spiro atoms. The SMILES string of the molecule is CNCCC(=O)NC(c1ccc(F)cc1)c1cccs1. The fourth-order valence-corrected chi connectivity index (χ4v) is 2.70. The number of carbonyl (C=O) groups excluding carboxylic acids is 1. The first-order valence-corrected chi connectivity index (χ1v) is 7.31. The second-order valence-corrected chi connectivity index (χ2v) is 5.40. The predicted molar refractivity (Wildman–Crippen MR) is 79.2 cm³/mol. The smallest absolute Gasteiger partial charge is 0.222 e. The van der Waals surface area contributed by atoms with Gasteiger partial charge in [0.25, 0.3) is 0 Å². The molecule has 0 saturated carbocycles. The highest BCUT2D eigenvalue weighted by Gasteiger charge is 2.17. The lowest BCUT2D eigenvalue weighted by Crippen LogP contribution is -2.30. The van der Waals surface area contributed by atoms with Crippen molar-refractivity contribution < 1.29 is 9.18 Å².